The summed E-state index contributed by atoms with van der Waals surface area (Å²) >= 11 is 0. The summed E-state index contributed by atoms with van der Waals surface area (Å²) in [6, 6.07) is 0. The van der Waals surface area contributed by atoms with Crippen molar-refractivity contribution in [2.75, 3.05) is 0 Å². The molecule has 0 saturated heterocycles. The Morgan fingerprint density at radius 3 is 2.00 bits per heavy atom. The summed E-state index contributed by atoms with van der Waals surface area (Å²) in [5.41, 5.74) is 0. The van der Waals surface area contributed by atoms with Gasteiger partial charge in [0.1, 0.15) is 0 Å². The summed E-state index contributed by atoms with van der Waals surface area (Å²) in [6.07, 6.45) is 4.86. The molecule has 4 atom stereocenters. The Hall–Kier alpha value is -0.0831. The summed E-state index contributed by atoms with van der Waals surface area (Å²) in [7, 11) is -1.72. The van der Waals surface area contributed by atoms with Crippen molar-refractivity contribution in [3.63, 3.8) is 0 Å². The third-order valence-corrected chi connectivity index (χ3v) is 9.63. The fourth-order valence-corrected chi connectivity index (χ4v) is 3.81. The first-order valence-corrected chi connectivity index (χ1v) is 11.2. The van der Waals surface area contributed by atoms with Crippen LogP contribution in [-0.2, 0) is 4.43 Å². The highest BCUT2D eigenvalue weighted by atomic mass is 28.4. The van der Waals surface area contributed by atoms with Gasteiger partial charge in [0, 0.05) is 0 Å². The second kappa shape index (κ2) is 7.79. The second-order valence-electron chi connectivity index (χ2n) is 8.16. The molecule has 0 unspecified atom stereocenters. The van der Waals surface area contributed by atoms with Crippen molar-refractivity contribution in [2.45, 2.75) is 85.5 Å². The molecule has 0 aliphatic carbocycles. The first-order valence-electron chi connectivity index (χ1n) is 8.26. The maximum absolute atomic E-state index is 6.73. The summed E-state index contributed by atoms with van der Waals surface area (Å²) in [4.78, 5) is 0. The molecule has 0 fully saturated rings. The average molecular weight is 299 g/mol. The minimum Gasteiger partial charge on any atom is -0.413 e. The summed E-state index contributed by atoms with van der Waals surface area (Å²) in [6.45, 7) is 24.9. The van der Waals surface area contributed by atoms with Crippen molar-refractivity contribution in [1.29, 1.82) is 0 Å². The SMILES string of the molecule is C=C[C@H](C)[C@H](O[Si](C)(C)C(C)(C)C)[C@H](C)C[C@H](C)CC. The van der Waals surface area contributed by atoms with Gasteiger partial charge in [0.25, 0.3) is 0 Å². The van der Waals surface area contributed by atoms with Gasteiger partial charge in [-0.3, -0.25) is 0 Å². The van der Waals surface area contributed by atoms with E-state index >= 15 is 0 Å². The molecule has 0 N–H and O–H groups in total. The van der Waals surface area contributed by atoms with E-state index in [4.69, 9.17) is 4.43 Å². The maximum atomic E-state index is 6.73. The summed E-state index contributed by atoms with van der Waals surface area (Å²) in [5.74, 6) is 1.78. The van der Waals surface area contributed by atoms with Crippen molar-refractivity contribution in [1.82, 2.24) is 0 Å². The van der Waals surface area contributed by atoms with E-state index < -0.39 is 8.32 Å². The molecular weight excluding hydrogens is 260 g/mol. The van der Waals surface area contributed by atoms with E-state index in [1.165, 1.54) is 12.8 Å². The molecule has 0 saturated carbocycles. The fraction of sp³-hybridized carbons (Fsp3) is 0.889. The van der Waals surface area contributed by atoms with Crippen LogP contribution in [0, 0.1) is 17.8 Å². The van der Waals surface area contributed by atoms with E-state index in [1.807, 2.05) is 0 Å². The predicted octanol–water partition coefficient (Wildman–Crippen LogP) is 6.27. The van der Waals surface area contributed by atoms with Crippen molar-refractivity contribution in [3.05, 3.63) is 12.7 Å². The smallest absolute Gasteiger partial charge is 0.192 e. The van der Waals surface area contributed by atoms with E-state index in [1.54, 1.807) is 0 Å². The third-order valence-electron chi connectivity index (χ3n) is 5.16. The molecule has 0 aliphatic rings. The van der Waals surface area contributed by atoms with Crippen molar-refractivity contribution in [3.8, 4) is 0 Å². The zero-order chi connectivity index (χ0) is 16.1. The Morgan fingerprint density at radius 1 is 1.15 bits per heavy atom. The Morgan fingerprint density at radius 2 is 1.65 bits per heavy atom. The van der Waals surface area contributed by atoms with E-state index in [-0.39, 0.29) is 5.04 Å². The second-order valence-corrected chi connectivity index (χ2v) is 12.9. The van der Waals surface area contributed by atoms with Crippen LogP contribution >= 0.6 is 0 Å². The van der Waals surface area contributed by atoms with Crippen LogP contribution in [0.3, 0.4) is 0 Å². The Bertz CT molecular complexity index is 290. The number of hydrogen-bond donors (Lipinski definition) is 0. The molecule has 0 aromatic carbocycles. The lowest BCUT2D eigenvalue weighted by Gasteiger charge is -2.42. The maximum Gasteiger partial charge on any atom is 0.192 e. The predicted molar refractivity (Wildman–Crippen MR) is 94.7 cm³/mol. The van der Waals surface area contributed by atoms with Crippen LogP contribution in [0.15, 0.2) is 12.7 Å². The number of rotatable bonds is 8. The van der Waals surface area contributed by atoms with Gasteiger partial charge in [-0.05, 0) is 42.3 Å². The molecule has 20 heavy (non-hydrogen) atoms. The molecule has 0 aromatic heterocycles. The molecule has 0 spiro atoms. The summed E-state index contributed by atoms with van der Waals surface area (Å²) in [5, 5.41) is 0.266. The van der Waals surface area contributed by atoms with Crippen LogP contribution in [0.2, 0.25) is 18.1 Å². The van der Waals surface area contributed by atoms with E-state index in [2.05, 4.69) is 74.2 Å². The Balaban J connectivity index is 5.04. The summed E-state index contributed by atoms with van der Waals surface area (Å²) < 4.78 is 6.73. The van der Waals surface area contributed by atoms with E-state index in [9.17, 15) is 0 Å². The zero-order valence-corrected chi connectivity index (χ0v) is 16.4. The molecule has 0 aromatic rings. The van der Waals surface area contributed by atoms with E-state index in [0.29, 0.717) is 17.9 Å². The van der Waals surface area contributed by atoms with Crippen LogP contribution in [0.25, 0.3) is 0 Å². The van der Waals surface area contributed by atoms with Crippen LogP contribution in [0.4, 0.5) is 0 Å². The van der Waals surface area contributed by atoms with Crippen molar-refractivity contribution >= 4 is 8.32 Å². The van der Waals surface area contributed by atoms with Crippen LogP contribution in [0.5, 0.6) is 0 Å². The molecule has 120 valence electrons. The first-order chi connectivity index (χ1) is 8.96. The first kappa shape index (κ1) is 19.9. The van der Waals surface area contributed by atoms with Crippen molar-refractivity contribution < 1.29 is 4.43 Å². The molecule has 0 bridgehead atoms. The lowest BCUT2D eigenvalue weighted by Crippen LogP contribution is -2.47. The lowest BCUT2D eigenvalue weighted by molar-refractivity contribution is 0.0810. The molecule has 0 heterocycles. The van der Waals surface area contributed by atoms with Crippen LogP contribution in [-0.4, -0.2) is 14.4 Å². The Labute approximate surface area is 129 Å². The topological polar surface area (TPSA) is 9.23 Å². The van der Waals surface area contributed by atoms with Crippen LogP contribution in [0.1, 0.15) is 61.3 Å². The van der Waals surface area contributed by atoms with Gasteiger partial charge in [-0.25, -0.2) is 0 Å². The highest BCUT2D eigenvalue weighted by Crippen LogP contribution is 2.40. The lowest BCUT2D eigenvalue weighted by atomic mass is 9.86. The zero-order valence-electron chi connectivity index (χ0n) is 15.4. The van der Waals surface area contributed by atoms with Gasteiger partial charge in [-0.2, -0.15) is 0 Å². The highest BCUT2D eigenvalue weighted by molar-refractivity contribution is 6.74. The third kappa shape index (κ3) is 5.73. The highest BCUT2D eigenvalue weighted by Gasteiger charge is 2.41. The largest absolute Gasteiger partial charge is 0.413 e. The van der Waals surface area contributed by atoms with Gasteiger partial charge in [-0.1, -0.05) is 61.0 Å². The molecule has 0 amide bonds. The van der Waals surface area contributed by atoms with Gasteiger partial charge in [-0.15, -0.1) is 6.58 Å². The monoisotopic (exact) mass is 298 g/mol. The van der Waals surface area contributed by atoms with Gasteiger partial charge < -0.3 is 4.43 Å². The standard InChI is InChI=1S/C18H38OSi/c1-11-14(3)13-16(5)17(15(4)12-2)19-20(9,10)18(6,7)8/h12,14-17H,2,11,13H2,1,3-10H3/t14-,15+,16-,17+/m1/s1. The average Bonchev–Trinajstić information content (AvgIpc) is 2.33. The van der Waals surface area contributed by atoms with E-state index in [0.717, 1.165) is 5.92 Å². The van der Waals surface area contributed by atoms with Gasteiger partial charge in [0.2, 0.25) is 0 Å². The van der Waals surface area contributed by atoms with Crippen molar-refractivity contribution in [2.24, 2.45) is 17.8 Å². The molecule has 1 nitrogen and oxygen atoms in total. The van der Waals surface area contributed by atoms with Gasteiger partial charge in [0.15, 0.2) is 8.32 Å². The van der Waals surface area contributed by atoms with Gasteiger partial charge in [0.05, 0.1) is 6.10 Å². The van der Waals surface area contributed by atoms with Gasteiger partial charge >= 0.3 is 0 Å². The minimum absolute atomic E-state index is 0.266. The molecule has 2 heteroatoms. The van der Waals surface area contributed by atoms with Crippen LogP contribution < -0.4 is 0 Å². The molecular formula is C18H38OSi. The minimum atomic E-state index is -1.72. The molecule has 0 radical (unpaired) electrons. The molecule has 0 aliphatic heterocycles. The number of hydrogen-bond acceptors (Lipinski definition) is 1. The molecule has 0 rings (SSSR count). The Kier molecular flexibility index (Phi) is 7.76. The normalized spacial score (nSPS) is 19.2. The quantitative estimate of drug-likeness (QED) is 0.379. The fourth-order valence-electron chi connectivity index (χ4n) is 2.33.